The Bertz CT molecular complexity index is 623. The molecule has 1 aromatic carbocycles. The molecule has 26 heavy (non-hydrogen) atoms. The van der Waals surface area contributed by atoms with Gasteiger partial charge in [0.05, 0.1) is 5.92 Å². The summed E-state index contributed by atoms with van der Waals surface area (Å²) >= 11 is 0. The summed E-state index contributed by atoms with van der Waals surface area (Å²) in [4.78, 5) is 30.9. The summed E-state index contributed by atoms with van der Waals surface area (Å²) in [5.41, 5.74) is 2.11. The number of carbonyl (C=O) groups is 2. The van der Waals surface area contributed by atoms with Crippen molar-refractivity contribution in [2.75, 3.05) is 56.6 Å². The third-order valence-electron chi connectivity index (χ3n) is 5.21. The lowest BCUT2D eigenvalue weighted by molar-refractivity contribution is -0.126. The molecule has 2 heterocycles. The zero-order valence-electron chi connectivity index (χ0n) is 15.9. The van der Waals surface area contributed by atoms with Gasteiger partial charge in [0.2, 0.25) is 11.8 Å². The summed E-state index contributed by atoms with van der Waals surface area (Å²) in [6.07, 6.45) is 3.71. The fraction of sp³-hybridized carbons (Fsp3) is 0.600. The first kappa shape index (κ1) is 18.7. The van der Waals surface area contributed by atoms with Crippen molar-refractivity contribution in [2.45, 2.75) is 25.7 Å². The molecule has 0 aliphatic carbocycles. The maximum atomic E-state index is 12.4. The van der Waals surface area contributed by atoms with Crippen LogP contribution in [0.3, 0.4) is 0 Å². The van der Waals surface area contributed by atoms with Crippen molar-refractivity contribution in [3.8, 4) is 0 Å². The van der Waals surface area contributed by atoms with Gasteiger partial charge in [-0.05, 0) is 64.2 Å². The van der Waals surface area contributed by atoms with Crippen molar-refractivity contribution < 1.29 is 9.59 Å². The molecule has 6 heteroatoms. The Morgan fingerprint density at radius 3 is 2.46 bits per heavy atom. The predicted octanol–water partition coefficient (Wildman–Crippen LogP) is 1.71. The number of anilines is 2. The lowest BCUT2D eigenvalue weighted by Crippen LogP contribution is -2.34. The summed E-state index contributed by atoms with van der Waals surface area (Å²) < 4.78 is 0. The summed E-state index contributed by atoms with van der Waals surface area (Å²) in [6, 6.07) is 8.18. The highest BCUT2D eigenvalue weighted by Crippen LogP contribution is 2.28. The van der Waals surface area contributed by atoms with E-state index in [9.17, 15) is 9.59 Å². The predicted molar refractivity (Wildman–Crippen MR) is 105 cm³/mol. The molecular formula is C20H30N4O2. The minimum atomic E-state index is -0.250. The van der Waals surface area contributed by atoms with E-state index in [1.807, 2.05) is 26.2 Å². The number of benzene rings is 1. The highest BCUT2D eigenvalue weighted by Gasteiger charge is 2.35. The van der Waals surface area contributed by atoms with Crippen LogP contribution in [0, 0.1) is 5.92 Å². The van der Waals surface area contributed by atoms with Gasteiger partial charge in [0.15, 0.2) is 0 Å². The Labute approximate surface area is 156 Å². The monoisotopic (exact) mass is 358 g/mol. The number of rotatable bonds is 7. The van der Waals surface area contributed by atoms with E-state index in [1.54, 1.807) is 4.90 Å². The molecule has 0 spiro atoms. The van der Waals surface area contributed by atoms with Gasteiger partial charge < -0.3 is 20.0 Å². The third-order valence-corrected chi connectivity index (χ3v) is 5.21. The van der Waals surface area contributed by atoms with E-state index in [-0.39, 0.29) is 17.7 Å². The van der Waals surface area contributed by atoms with Crippen molar-refractivity contribution in [1.29, 1.82) is 0 Å². The first-order valence-corrected chi connectivity index (χ1v) is 9.62. The van der Waals surface area contributed by atoms with E-state index >= 15 is 0 Å². The van der Waals surface area contributed by atoms with Crippen LogP contribution in [-0.2, 0) is 9.59 Å². The maximum Gasteiger partial charge on any atom is 0.227 e. The molecule has 2 aliphatic rings. The Kier molecular flexibility index (Phi) is 6.14. The van der Waals surface area contributed by atoms with Crippen LogP contribution >= 0.6 is 0 Å². The molecule has 1 N–H and O–H groups in total. The van der Waals surface area contributed by atoms with Crippen molar-refractivity contribution in [3.05, 3.63) is 24.3 Å². The van der Waals surface area contributed by atoms with Crippen LogP contribution < -0.4 is 15.1 Å². The first-order valence-electron chi connectivity index (χ1n) is 9.62. The van der Waals surface area contributed by atoms with Crippen molar-refractivity contribution in [2.24, 2.45) is 5.92 Å². The Morgan fingerprint density at radius 2 is 1.81 bits per heavy atom. The van der Waals surface area contributed by atoms with Gasteiger partial charge in [-0.1, -0.05) is 0 Å². The fourth-order valence-corrected chi connectivity index (χ4v) is 3.70. The zero-order valence-corrected chi connectivity index (χ0v) is 15.9. The van der Waals surface area contributed by atoms with Crippen LogP contribution in [0.5, 0.6) is 0 Å². The average molecular weight is 358 g/mol. The Morgan fingerprint density at radius 1 is 1.15 bits per heavy atom. The van der Waals surface area contributed by atoms with E-state index < -0.39 is 0 Å². The molecular weight excluding hydrogens is 328 g/mol. The molecule has 3 rings (SSSR count). The minimum absolute atomic E-state index is 0.00621. The second-order valence-electron chi connectivity index (χ2n) is 7.56. The quantitative estimate of drug-likeness (QED) is 0.754. The molecule has 6 nitrogen and oxygen atoms in total. The normalized spacial score (nSPS) is 20.3. The molecule has 1 unspecified atom stereocenters. The lowest BCUT2D eigenvalue weighted by atomic mass is 10.1. The van der Waals surface area contributed by atoms with E-state index in [0.717, 1.165) is 31.7 Å². The molecule has 142 valence electrons. The van der Waals surface area contributed by atoms with Crippen molar-refractivity contribution in [1.82, 2.24) is 10.2 Å². The fourth-order valence-electron chi connectivity index (χ4n) is 3.70. The molecule has 0 aromatic heterocycles. The van der Waals surface area contributed by atoms with Crippen LogP contribution in [0.2, 0.25) is 0 Å². The average Bonchev–Trinajstić information content (AvgIpc) is 3.28. The van der Waals surface area contributed by atoms with Crippen LogP contribution in [-0.4, -0.2) is 63.5 Å². The number of hydrogen-bond donors (Lipinski definition) is 1. The number of carbonyl (C=O) groups excluding carboxylic acids is 2. The maximum absolute atomic E-state index is 12.4. The van der Waals surface area contributed by atoms with Crippen molar-refractivity contribution >= 4 is 23.2 Å². The molecule has 1 atom stereocenters. The summed E-state index contributed by atoms with van der Waals surface area (Å²) in [6.45, 7) is 4.29. The van der Waals surface area contributed by atoms with Gasteiger partial charge in [0.1, 0.15) is 0 Å². The SMILES string of the molecule is CN(C)CCCNC(=O)C1CC(=O)N(c2ccc(N3CCCC3)cc2)C1. The molecule has 0 saturated carbocycles. The van der Waals surface area contributed by atoms with E-state index in [4.69, 9.17) is 0 Å². The molecule has 0 bridgehead atoms. The summed E-state index contributed by atoms with van der Waals surface area (Å²) in [7, 11) is 4.04. The number of nitrogens with one attached hydrogen (secondary N) is 1. The summed E-state index contributed by atoms with van der Waals surface area (Å²) in [5.74, 6) is -0.222. The standard InChI is InChI=1S/C20H30N4O2/c1-22(2)11-5-10-21-20(26)16-14-19(25)24(15-16)18-8-6-17(7-9-18)23-12-3-4-13-23/h6-9,16H,3-5,10-15H2,1-2H3,(H,21,26). The molecule has 2 amide bonds. The molecule has 0 radical (unpaired) electrons. The molecule has 1 aromatic rings. The van der Waals surface area contributed by atoms with Gasteiger partial charge in [-0.3, -0.25) is 9.59 Å². The van der Waals surface area contributed by atoms with Crippen LogP contribution in [0.4, 0.5) is 11.4 Å². The van der Waals surface area contributed by atoms with E-state index in [0.29, 0.717) is 19.5 Å². The minimum Gasteiger partial charge on any atom is -0.372 e. The van der Waals surface area contributed by atoms with Gasteiger partial charge >= 0.3 is 0 Å². The second-order valence-corrected chi connectivity index (χ2v) is 7.56. The third kappa shape index (κ3) is 4.55. The zero-order chi connectivity index (χ0) is 18.5. The van der Waals surface area contributed by atoms with E-state index in [2.05, 4.69) is 27.2 Å². The second kappa shape index (κ2) is 8.54. The number of nitrogens with zero attached hydrogens (tertiary/aromatic N) is 3. The van der Waals surface area contributed by atoms with Gasteiger partial charge in [0, 0.05) is 44.0 Å². The Balaban J connectivity index is 1.53. The number of hydrogen-bond acceptors (Lipinski definition) is 4. The first-order chi connectivity index (χ1) is 12.5. The van der Waals surface area contributed by atoms with Gasteiger partial charge in [-0.2, -0.15) is 0 Å². The van der Waals surface area contributed by atoms with Crippen molar-refractivity contribution in [3.63, 3.8) is 0 Å². The van der Waals surface area contributed by atoms with Crippen LogP contribution in [0.15, 0.2) is 24.3 Å². The number of amides is 2. The van der Waals surface area contributed by atoms with Crippen LogP contribution in [0.1, 0.15) is 25.7 Å². The van der Waals surface area contributed by atoms with E-state index in [1.165, 1.54) is 18.5 Å². The Hall–Kier alpha value is -2.08. The smallest absolute Gasteiger partial charge is 0.227 e. The lowest BCUT2D eigenvalue weighted by Gasteiger charge is -2.20. The van der Waals surface area contributed by atoms with Crippen LogP contribution in [0.25, 0.3) is 0 Å². The highest BCUT2D eigenvalue weighted by atomic mass is 16.2. The molecule has 2 aliphatic heterocycles. The van der Waals surface area contributed by atoms with Gasteiger partial charge in [-0.25, -0.2) is 0 Å². The molecule has 2 saturated heterocycles. The highest BCUT2D eigenvalue weighted by molar-refractivity contribution is 6.00. The van der Waals surface area contributed by atoms with Gasteiger partial charge in [0.25, 0.3) is 0 Å². The topological polar surface area (TPSA) is 55.9 Å². The van der Waals surface area contributed by atoms with Gasteiger partial charge in [-0.15, -0.1) is 0 Å². The summed E-state index contributed by atoms with van der Waals surface area (Å²) in [5, 5.41) is 2.97. The largest absolute Gasteiger partial charge is 0.372 e. The molecule has 2 fully saturated rings.